The second-order valence-corrected chi connectivity index (χ2v) is 5.07. The van der Waals surface area contributed by atoms with Gasteiger partial charge < -0.3 is 15.2 Å². The molecule has 0 radical (unpaired) electrons. The van der Waals surface area contributed by atoms with Crippen LogP contribution in [-0.2, 0) is 9.47 Å². The second kappa shape index (κ2) is 5.69. The van der Waals surface area contributed by atoms with E-state index in [-0.39, 0.29) is 23.7 Å². The minimum absolute atomic E-state index is 0.0289. The van der Waals surface area contributed by atoms with Crippen molar-refractivity contribution in [3.05, 3.63) is 0 Å². The summed E-state index contributed by atoms with van der Waals surface area (Å²) in [5, 5.41) is 0. The zero-order valence-electron chi connectivity index (χ0n) is 10.3. The van der Waals surface area contributed by atoms with E-state index >= 15 is 0 Å². The molecular weight excluding hydrogens is 178 g/mol. The molecule has 0 saturated carbocycles. The molecule has 0 aliphatic rings. The van der Waals surface area contributed by atoms with E-state index in [1.54, 1.807) is 7.11 Å². The van der Waals surface area contributed by atoms with Gasteiger partial charge in [-0.1, -0.05) is 20.8 Å². The molecule has 86 valence electrons. The number of nitrogens with two attached hydrogens (primary N) is 1. The highest BCUT2D eigenvalue weighted by Crippen LogP contribution is 2.23. The Morgan fingerprint density at radius 3 is 2.00 bits per heavy atom. The van der Waals surface area contributed by atoms with Crippen LogP contribution in [0.25, 0.3) is 0 Å². The predicted octanol–water partition coefficient (Wildman–Crippen LogP) is 1.80. The topological polar surface area (TPSA) is 44.5 Å². The van der Waals surface area contributed by atoms with E-state index in [4.69, 9.17) is 15.2 Å². The van der Waals surface area contributed by atoms with E-state index in [1.807, 2.05) is 13.8 Å². The standard InChI is InChI=1S/C11H25NO2/c1-8(2)14-7-9(12)10(13-6)11(3,4)5/h8-10H,7,12H2,1-6H3. The molecule has 0 heterocycles. The zero-order chi connectivity index (χ0) is 11.4. The van der Waals surface area contributed by atoms with Crippen molar-refractivity contribution in [3.8, 4) is 0 Å². The molecule has 0 bridgehead atoms. The number of hydrogen-bond acceptors (Lipinski definition) is 3. The van der Waals surface area contributed by atoms with E-state index in [2.05, 4.69) is 20.8 Å². The largest absolute Gasteiger partial charge is 0.379 e. The first-order chi connectivity index (χ1) is 6.29. The highest BCUT2D eigenvalue weighted by atomic mass is 16.5. The lowest BCUT2D eigenvalue weighted by Gasteiger charge is -2.34. The predicted molar refractivity (Wildman–Crippen MR) is 59.3 cm³/mol. The highest BCUT2D eigenvalue weighted by Gasteiger charge is 2.30. The van der Waals surface area contributed by atoms with Gasteiger partial charge in [-0.2, -0.15) is 0 Å². The van der Waals surface area contributed by atoms with Crippen molar-refractivity contribution >= 4 is 0 Å². The molecule has 0 spiro atoms. The molecule has 2 N–H and O–H groups in total. The third-order valence-corrected chi connectivity index (χ3v) is 2.12. The van der Waals surface area contributed by atoms with Gasteiger partial charge in [-0.3, -0.25) is 0 Å². The Kier molecular flexibility index (Phi) is 5.64. The molecule has 3 heteroatoms. The van der Waals surface area contributed by atoms with Gasteiger partial charge in [0.05, 0.1) is 24.9 Å². The molecule has 0 fully saturated rings. The molecule has 0 saturated heterocycles. The van der Waals surface area contributed by atoms with Gasteiger partial charge in [0, 0.05) is 7.11 Å². The third kappa shape index (κ3) is 4.94. The van der Waals surface area contributed by atoms with E-state index in [0.717, 1.165) is 0 Å². The van der Waals surface area contributed by atoms with Crippen molar-refractivity contribution in [1.82, 2.24) is 0 Å². The summed E-state index contributed by atoms with van der Waals surface area (Å²) in [6.07, 6.45) is 0.250. The Hall–Kier alpha value is -0.120. The van der Waals surface area contributed by atoms with Crippen LogP contribution in [0.4, 0.5) is 0 Å². The maximum absolute atomic E-state index is 6.01. The minimum atomic E-state index is -0.0672. The summed E-state index contributed by atoms with van der Waals surface area (Å²) in [5.41, 5.74) is 6.06. The van der Waals surface area contributed by atoms with Crippen LogP contribution in [0.15, 0.2) is 0 Å². The molecule has 0 aliphatic carbocycles. The Labute approximate surface area is 88.0 Å². The summed E-state index contributed by atoms with van der Waals surface area (Å²) in [5.74, 6) is 0. The van der Waals surface area contributed by atoms with Crippen LogP contribution in [0.2, 0.25) is 0 Å². The van der Waals surface area contributed by atoms with E-state index in [1.165, 1.54) is 0 Å². The van der Waals surface area contributed by atoms with Crippen molar-refractivity contribution in [3.63, 3.8) is 0 Å². The van der Waals surface area contributed by atoms with Gasteiger partial charge in [0.15, 0.2) is 0 Å². The third-order valence-electron chi connectivity index (χ3n) is 2.12. The summed E-state index contributed by atoms with van der Waals surface area (Å²) in [6.45, 7) is 10.9. The van der Waals surface area contributed by atoms with Gasteiger partial charge in [-0.25, -0.2) is 0 Å². The first-order valence-corrected chi connectivity index (χ1v) is 5.19. The van der Waals surface area contributed by atoms with Gasteiger partial charge in [0.1, 0.15) is 0 Å². The Balaban J connectivity index is 4.12. The number of ether oxygens (including phenoxy) is 2. The van der Waals surface area contributed by atoms with Crippen LogP contribution in [-0.4, -0.2) is 32.0 Å². The molecule has 0 aromatic rings. The van der Waals surface area contributed by atoms with Crippen molar-refractivity contribution in [1.29, 1.82) is 0 Å². The van der Waals surface area contributed by atoms with E-state index in [0.29, 0.717) is 6.61 Å². The molecule has 0 aliphatic heterocycles. The molecule has 0 aromatic carbocycles. The number of methoxy groups -OCH3 is 1. The Morgan fingerprint density at radius 2 is 1.71 bits per heavy atom. The van der Waals surface area contributed by atoms with E-state index < -0.39 is 0 Å². The lowest BCUT2D eigenvalue weighted by atomic mass is 9.85. The number of rotatable bonds is 5. The summed E-state index contributed by atoms with van der Waals surface area (Å²) in [7, 11) is 1.70. The number of hydrogen-bond donors (Lipinski definition) is 1. The quantitative estimate of drug-likeness (QED) is 0.741. The Bertz CT molecular complexity index is 152. The first kappa shape index (κ1) is 13.9. The lowest BCUT2D eigenvalue weighted by Crippen LogP contribution is -2.47. The fraction of sp³-hybridized carbons (Fsp3) is 1.00. The summed E-state index contributed by atoms with van der Waals surface area (Å²) in [6, 6.07) is -0.0672. The molecule has 14 heavy (non-hydrogen) atoms. The normalized spacial score (nSPS) is 17.1. The minimum Gasteiger partial charge on any atom is -0.379 e. The van der Waals surface area contributed by atoms with Gasteiger partial charge in [-0.15, -0.1) is 0 Å². The molecule has 2 unspecified atom stereocenters. The van der Waals surface area contributed by atoms with Crippen LogP contribution >= 0.6 is 0 Å². The van der Waals surface area contributed by atoms with Crippen LogP contribution in [0.3, 0.4) is 0 Å². The average molecular weight is 203 g/mol. The molecular formula is C11H25NO2. The SMILES string of the molecule is COC(C(N)COC(C)C)C(C)(C)C. The average Bonchev–Trinajstić information content (AvgIpc) is 1.99. The van der Waals surface area contributed by atoms with Crippen LogP contribution in [0, 0.1) is 5.41 Å². The van der Waals surface area contributed by atoms with Gasteiger partial charge in [0.2, 0.25) is 0 Å². The van der Waals surface area contributed by atoms with E-state index in [9.17, 15) is 0 Å². The molecule has 3 nitrogen and oxygen atoms in total. The molecule has 0 rings (SSSR count). The fourth-order valence-corrected chi connectivity index (χ4v) is 1.56. The Morgan fingerprint density at radius 1 is 1.21 bits per heavy atom. The summed E-state index contributed by atoms with van der Waals surface area (Å²) >= 11 is 0. The summed E-state index contributed by atoms with van der Waals surface area (Å²) < 4.78 is 10.9. The fourth-order valence-electron chi connectivity index (χ4n) is 1.56. The maximum atomic E-state index is 6.01. The van der Waals surface area contributed by atoms with Crippen LogP contribution in [0.1, 0.15) is 34.6 Å². The van der Waals surface area contributed by atoms with Crippen LogP contribution < -0.4 is 5.73 Å². The first-order valence-electron chi connectivity index (χ1n) is 5.19. The maximum Gasteiger partial charge on any atom is 0.0792 e. The van der Waals surface area contributed by atoms with Gasteiger partial charge >= 0.3 is 0 Å². The highest BCUT2D eigenvalue weighted by molar-refractivity contribution is 4.83. The smallest absolute Gasteiger partial charge is 0.0792 e. The monoisotopic (exact) mass is 203 g/mol. The van der Waals surface area contributed by atoms with Gasteiger partial charge in [0.25, 0.3) is 0 Å². The van der Waals surface area contributed by atoms with Crippen molar-refractivity contribution in [2.24, 2.45) is 11.1 Å². The van der Waals surface area contributed by atoms with Crippen molar-refractivity contribution < 1.29 is 9.47 Å². The lowest BCUT2D eigenvalue weighted by molar-refractivity contribution is -0.0350. The van der Waals surface area contributed by atoms with Crippen LogP contribution in [0.5, 0.6) is 0 Å². The van der Waals surface area contributed by atoms with Crippen molar-refractivity contribution in [2.45, 2.75) is 52.9 Å². The zero-order valence-corrected chi connectivity index (χ0v) is 10.3. The molecule has 0 aromatic heterocycles. The summed E-state index contributed by atoms with van der Waals surface area (Å²) in [4.78, 5) is 0. The van der Waals surface area contributed by atoms with Crippen molar-refractivity contribution in [2.75, 3.05) is 13.7 Å². The molecule has 0 amide bonds. The second-order valence-electron chi connectivity index (χ2n) is 5.07. The molecule has 2 atom stereocenters. The van der Waals surface area contributed by atoms with Gasteiger partial charge in [-0.05, 0) is 19.3 Å².